The monoisotopic (exact) mass is 227 g/mol. The predicted molar refractivity (Wildman–Crippen MR) is 66.5 cm³/mol. The molecule has 0 bridgehead atoms. The first-order valence-electron chi connectivity index (χ1n) is 6.48. The summed E-state index contributed by atoms with van der Waals surface area (Å²) in [5.74, 6) is 0.294. The lowest BCUT2D eigenvalue weighted by molar-refractivity contribution is -0.131. The Morgan fingerprint density at radius 3 is 2.69 bits per heavy atom. The second kappa shape index (κ2) is 7.63. The maximum atomic E-state index is 11.8. The number of nitrogens with zero attached hydrogens (tertiary/aromatic N) is 2. The lowest BCUT2D eigenvalue weighted by Crippen LogP contribution is -2.35. The first-order valence-corrected chi connectivity index (χ1v) is 6.48. The summed E-state index contributed by atoms with van der Waals surface area (Å²) in [6, 6.07) is 0. The van der Waals surface area contributed by atoms with Gasteiger partial charge in [0, 0.05) is 39.1 Å². The Morgan fingerprint density at radius 1 is 1.25 bits per heavy atom. The van der Waals surface area contributed by atoms with Crippen LogP contribution < -0.4 is 5.32 Å². The molecule has 1 rings (SSSR count). The van der Waals surface area contributed by atoms with Crippen LogP contribution in [0.3, 0.4) is 0 Å². The summed E-state index contributed by atoms with van der Waals surface area (Å²) in [5.41, 5.74) is 0. The number of nitrogens with one attached hydrogen (secondary N) is 1. The molecule has 0 aliphatic carbocycles. The van der Waals surface area contributed by atoms with Gasteiger partial charge in [-0.25, -0.2) is 0 Å². The normalized spacial score (nSPS) is 18.1. The highest BCUT2D eigenvalue weighted by Crippen LogP contribution is 2.00. The third kappa shape index (κ3) is 4.49. The van der Waals surface area contributed by atoms with Crippen LogP contribution in [0.2, 0.25) is 0 Å². The minimum atomic E-state index is 0.294. The van der Waals surface area contributed by atoms with Gasteiger partial charge in [-0.05, 0) is 33.4 Å². The highest BCUT2D eigenvalue weighted by atomic mass is 16.2. The van der Waals surface area contributed by atoms with Crippen LogP contribution >= 0.6 is 0 Å². The molecule has 0 radical (unpaired) electrons. The number of carbonyl (C=O) groups excluding carboxylic acids is 1. The zero-order valence-electron chi connectivity index (χ0n) is 10.7. The van der Waals surface area contributed by atoms with E-state index in [1.54, 1.807) is 0 Å². The van der Waals surface area contributed by atoms with Gasteiger partial charge in [-0.2, -0.15) is 0 Å². The summed E-state index contributed by atoms with van der Waals surface area (Å²) < 4.78 is 0. The molecule has 0 atom stereocenters. The molecule has 0 aromatic heterocycles. The predicted octanol–water partition coefficient (Wildman–Crippen LogP) is 0.540. The third-order valence-electron chi connectivity index (χ3n) is 3.19. The van der Waals surface area contributed by atoms with Crippen molar-refractivity contribution in [2.75, 3.05) is 45.8 Å². The lowest BCUT2D eigenvalue weighted by Gasteiger charge is -2.22. The molecule has 0 spiro atoms. The van der Waals surface area contributed by atoms with Crippen LogP contribution in [0.4, 0.5) is 0 Å². The topological polar surface area (TPSA) is 35.6 Å². The van der Waals surface area contributed by atoms with Gasteiger partial charge in [-0.3, -0.25) is 4.79 Å². The van der Waals surface area contributed by atoms with Gasteiger partial charge in [0.1, 0.15) is 0 Å². The highest BCUT2D eigenvalue weighted by molar-refractivity contribution is 5.76. The number of rotatable bonds is 5. The van der Waals surface area contributed by atoms with Crippen LogP contribution in [0.1, 0.15) is 26.7 Å². The summed E-state index contributed by atoms with van der Waals surface area (Å²) in [7, 11) is 0. The largest absolute Gasteiger partial charge is 0.343 e. The van der Waals surface area contributed by atoms with E-state index in [0.29, 0.717) is 12.3 Å². The summed E-state index contributed by atoms with van der Waals surface area (Å²) >= 11 is 0. The van der Waals surface area contributed by atoms with Crippen LogP contribution in [0.25, 0.3) is 0 Å². The molecule has 0 aromatic rings. The smallest absolute Gasteiger partial charge is 0.223 e. The Hall–Kier alpha value is -0.610. The molecule has 1 saturated heterocycles. The summed E-state index contributed by atoms with van der Waals surface area (Å²) in [5, 5.41) is 3.37. The van der Waals surface area contributed by atoms with Crippen molar-refractivity contribution in [2.45, 2.75) is 26.7 Å². The fourth-order valence-corrected chi connectivity index (χ4v) is 2.11. The molecule has 1 heterocycles. The number of amides is 1. The van der Waals surface area contributed by atoms with Crippen LogP contribution in [0.15, 0.2) is 0 Å². The van der Waals surface area contributed by atoms with E-state index in [2.05, 4.69) is 10.2 Å². The second-order valence-corrected chi connectivity index (χ2v) is 4.26. The Labute approximate surface area is 99.0 Å². The average molecular weight is 227 g/mol. The van der Waals surface area contributed by atoms with E-state index in [9.17, 15) is 4.79 Å². The number of carbonyl (C=O) groups is 1. The fraction of sp³-hybridized carbons (Fsp3) is 0.917. The van der Waals surface area contributed by atoms with E-state index in [1.165, 1.54) is 6.42 Å². The fourth-order valence-electron chi connectivity index (χ4n) is 2.11. The van der Waals surface area contributed by atoms with Gasteiger partial charge in [0.15, 0.2) is 0 Å². The maximum absolute atomic E-state index is 11.8. The van der Waals surface area contributed by atoms with E-state index in [4.69, 9.17) is 0 Å². The van der Waals surface area contributed by atoms with Gasteiger partial charge in [-0.1, -0.05) is 0 Å². The Morgan fingerprint density at radius 2 is 2.00 bits per heavy atom. The zero-order chi connectivity index (χ0) is 11.8. The van der Waals surface area contributed by atoms with E-state index < -0.39 is 0 Å². The van der Waals surface area contributed by atoms with Gasteiger partial charge < -0.3 is 15.1 Å². The molecule has 0 saturated carbocycles. The zero-order valence-corrected chi connectivity index (χ0v) is 10.7. The summed E-state index contributed by atoms with van der Waals surface area (Å²) in [4.78, 5) is 16.1. The van der Waals surface area contributed by atoms with Gasteiger partial charge >= 0.3 is 0 Å². The molecule has 0 unspecified atom stereocenters. The van der Waals surface area contributed by atoms with Crippen LogP contribution in [0.5, 0.6) is 0 Å². The number of hydrogen-bond acceptors (Lipinski definition) is 3. The molecular weight excluding hydrogens is 202 g/mol. The van der Waals surface area contributed by atoms with Crippen molar-refractivity contribution in [1.82, 2.24) is 15.1 Å². The van der Waals surface area contributed by atoms with Crippen molar-refractivity contribution in [3.63, 3.8) is 0 Å². The van der Waals surface area contributed by atoms with Crippen LogP contribution in [-0.4, -0.2) is 61.5 Å². The lowest BCUT2D eigenvalue weighted by atomic mass is 10.3. The minimum Gasteiger partial charge on any atom is -0.343 e. The van der Waals surface area contributed by atoms with Crippen molar-refractivity contribution in [1.29, 1.82) is 0 Å². The molecule has 0 aromatic carbocycles. The minimum absolute atomic E-state index is 0.294. The van der Waals surface area contributed by atoms with Crippen molar-refractivity contribution in [3.05, 3.63) is 0 Å². The molecule has 4 heteroatoms. The van der Waals surface area contributed by atoms with E-state index in [1.807, 2.05) is 18.7 Å². The van der Waals surface area contributed by atoms with Crippen molar-refractivity contribution >= 4 is 5.91 Å². The molecule has 1 fully saturated rings. The maximum Gasteiger partial charge on any atom is 0.223 e. The van der Waals surface area contributed by atoms with Gasteiger partial charge in [0.2, 0.25) is 5.91 Å². The molecule has 1 amide bonds. The van der Waals surface area contributed by atoms with Gasteiger partial charge in [0.25, 0.3) is 0 Å². The van der Waals surface area contributed by atoms with E-state index >= 15 is 0 Å². The van der Waals surface area contributed by atoms with Crippen molar-refractivity contribution in [2.24, 2.45) is 0 Å². The van der Waals surface area contributed by atoms with Crippen LogP contribution in [0, 0.1) is 0 Å². The Bertz CT molecular complexity index is 196. The van der Waals surface area contributed by atoms with Crippen molar-refractivity contribution in [3.8, 4) is 0 Å². The standard InChI is InChI=1S/C12H25N3O/c1-3-15(4-2)12(16)6-10-14-9-5-7-13-8-11-14/h13H,3-11H2,1-2H3. The molecule has 1 N–H and O–H groups in total. The first kappa shape index (κ1) is 13.5. The highest BCUT2D eigenvalue weighted by Gasteiger charge is 2.13. The quantitative estimate of drug-likeness (QED) is 0.744. The average Bonchev–Trinajstić information content (AvgIpc) is 2.56. The van der Waals surface area contributed by atoms with Gasteiger partial charge in [0.05, 0.1) is 0 Å². The summed E-state index contributed by atoms with van der Waals surface area (Å²) in [6.45, 7) is 11.0. The molecule has 1 aliphatic rings. The summed E-state index contributed by atoms with van der Waals surface area (Å²) in [6.07, 6.45) is 1.86. The third-order valence-corrected chi connectivity index (χ3v) is 3.19. The van der Waals surface area contributed by atoms with Gasteiger partial charge in [-0.15, -0.1) is 0 Å². The van der Waals surface area contributed by atoms with E-state index in [-0.39, 0.29) is 0 Å². The first-order chi connectivity index (χ1) is 7.77. The second-order valence-electron chi connectivity index (χ2n) is 4.26. The Balaban J connectivity index is 2.24. The van der Waals surface area contributed by atoms with Crippen LogP contribution in [-0.2, 0) is 4.79 Å². The molecule has 16 heavy (non-hydrogen) atoms. The molecule has 4 nitrogen and oxygen atoms in total. The van der Waals surface area contributed by atoms with Crippen molar-refractivity contribution < 1.29 is 4.79 Å². The SMILES string of the molecule is CCN(CC)C(=O)CCN1CCCNCC1. The molecular formula is C12H25N3O. The molecule has 94 valence electrons. The van der Waals surface area contributed by atoms with E-state index in [0.717, 1.165) is 45.8 Å². The Kier molecular flexibility index (Phi) is 6.42. The number of hydrogen-bond donors (Lipinski definition) is 1. The molecule has 1 aliphatic heterocycles.